The van der Waals surface area contributed by atoms with E-state index >= 15 is 0 Å². The lowest BCUT2D eigenvalue weighted by molar-refractivity contribution is 0.393. The number of thiazole rings is 1. The van der Waals surface area contributed by atoms with Gasteiger partial charge in [0.25, 0.3) is 0 Å². The van der Waals surface area contributed by atoms with Crippen LogP contribution < -0.4 is 15.0 Å². The van der Waals surface area contributed by atoms with Crippen LogP contribution in [0.3, 0.4) is 0 Å². The van der Waals surface area contributed by atoms with Crippen molar-refractivity contribution in [3.05, 3.63) is 4.88 Å². The van der Waals surface area contributed by atoms with Crippen LogP contribution in [0.2, 0.25) is 0 Å². The summed E-state index contributed by atoms with van der Waals surface area (Å²) in [5, 5.41) is 4.39. The van der Waals surface area contributed by atoms with Crippen LogP contribution in [-0.2, 0) is 0 Å². The first kappa shape index (κ1) is 10.7. The predicted octanol–water partition coefficient (Wildman–Crippen LogP) is 1.29. The molecule has 0 aromatic carbocycles. The predicted molar refractivity (Wildman–Crippen MR) is 63.2 cm³/mol. The SMILES string of the molecule is COc1nc(N(C)C)sc1C1CCNC1. The smallest absolute Gasteiger partial charge is 0.229 e. The summed E-state index contributed by atoms with van der Waals surface area (Å²) in [5.74, 6) is 1.38. The molecule has 0 aliphatic carbocycles. The highest BCUT2D eigenvalue weighted by molar-refractivity contribution is 7.16. The summed E-state index contributed by atoms with van der Waals surface area (Å²) in [6, 6.07) is 0. The van der Waals surface area contributed by atoms with E-state index in [1.54, 1.807) is 18.4 Å². The van der Waals surface area contributed by atoms with Crippen molar-refractivity contribution in [2.24, 2.45) is 0 Å². The third-order valence-corrected chi connectivity index (χ3v) is 3.98. The Hall–Kier alpha value is -0.810. The molecule has 1 aliphatic heterocycles. The van der Waals surface area contributed by atoms with Gasteiger partial charge in [0.15, 0.2) is 5.13 Å². The first-order valence-electron chi connectivity index (χ1n) is 5.15. The highest BCUT2D eigenvalue weighted by atomic mass is 32.1. The Morgan fingerprint density at radius 1 is 1.53 bits per heavy atom. The Morgan fingerprint density at radius 3 is 2.87 bits per heavy atom. The van der Waals surface area contributed by atoms with Gasteiger partial charge in [-0.05, 0) is 13.0 Å². The van der Waals surface area contributed by atoms with Crippen molar-refractivity contribution < 1.29 is 4.74 Å². The molecule has 1 aromatic heterocycles. The molecule has 1 aromatic rings. The molecule has 0 bridgehead atoms. The zero-order valence-electron chi connectivity index (χ0n) is 9.41. The standard InChI is InChI=1S/C10H17N3OS/c1-13(2)10-12-9(14-3)8(15-10)7-4-5-11-6-7/h7,11H,4-6H2,1-3H3. The van der Waals surface area contributed by atoms with Crippen LogP contribution >= 0.6 is 11.3 Å². The lowest BCUT2D eigenvalue weighted by Crippen LogP contribution is -2.07. The molecule has 5 heteroatoms. The molecule has 0 radical (unpaired) electrons. The fourth-order valence-electron chi connectivity index (χ4n) is 1.78. The number of nitrogens with zero attached hydrogens (tertiary/aromatic N) is 2. The van der Waals surface area contributed by atoms with Gasteiger partial charge in [0.2, 0.25) is 5.88 Å². The molecule has 0 spiro atoms. The summed E-state index contributed by atoms with van der Waals surface area (Å²) in [6.45, 7) is 2.15. The Bertz CT molecular complexity index is 331. The number of hydrogen-bond donors (Lipinski definition) is 1. The molecule has 1 aliphatic rings. The third-order valence-electron chi connectivity index (χ3n) is 2.62. The zero-order chi connectivity index (χ0) is 10.8. The Kier molecular flexibility index (Phi) is 3.11. The summed E-state index contributed by atoms with van der Waals surface area (Å²) < 4.78 is 5.33. The quantitative estimate of drug-likeness (QED) is 0.844. The van der Waals surface area contributed by atoms with E-state index in [9.17, 15) is 0 Å². The van der Waals surface area contributed by atoms with Crippen LogP contribution in [-0.4, -0.2) is 39.3 Å². The second kappa shape index (κ2) is 4.37. The van der Waals surface area contributed by atoms with Gasteiger partial charge in [0.1, 0.15) is 0 Å². The van der Waals surface area contributed by atoms with Gasteiger partial charge in [-0.15, -0.1) is 0 Å². The average molecular weight is 227 g/mol. The number of ether oxygens (including phenoxy) is 1. The fraction of sp³-hybridized carbons (Fsp3) is 0.700. The number of methoxy groups -OCH3 is 1. The normalized spacial score (nSPS) is 20.6. The van der Waals surface area contributed by atoms with E-state index in [0.717, 1.165) is 24.1 Å². The van der Waals surface area contributed by atoms with Gasteiger partial charge in [-0.3, -0.25) is 0 Å². The molecule has 1 unspecified atom stereocenters. The van der Waals surface area contributed by atoms with E-state index in [4.69, 9.17) is 4.74 Å². The first-order valence-corrected chi connectivity index (χ1v) is 5.96. The van der Waals surface area contributed by atoms with E-state index in [0.29, 0.717) is 5.92 Å². The van der Waals surface area contributed by atoms with E-state index in [1.165, 1.54) is 11.3 Å². The Morgan fingerprint density at radius 2 is 2.33 bits per heavy atom. The van der Waals surface area contributed by atoms with Gasteiger partial charge in [0.05, 0.1) is 12.0 Å². The van der Waals surface area contributed by atoms with Crippen molar-refractivity contribution in [3.8, 4) is 5.88 Å². The number of rotatable bonds is 3. The molecular formula is C10H17N3OS. The van der Waals surface area contributed by atoms with Crippen LogP contribution in [0.25, 0.3) is 0 Å². The number of aromatic nitrogens is 1. The van der Waals surface area contributed by atoms with Gasteiger partial charge in [0, 0.05) is 26.6 Å². The fourth-order valence-corrected chi connectivity index (χ4v) is 2.87. The van der Waals surface area contributed by atoms with Gasteiger partial charge >= 0.3 is 0 Å². The highest BCUT2D eigenvalue weighted by Gasteiger charge is 2.24. The van der Waals surface area contributed by atoms with Crippen molar-refractivity contribution in [2.45, 2.75) is 12.3 Å². The highest BCUT2D eigenvalue weighted by Crippen LogP contribution is 2.38. The van der Waals surface area contributed by atoms with Crippen molar-refractivity contribution >= 4 is 16.5 Å². The zero-order valence-corrected chi connectivity index (χ0v) is 10.2. The minimum atomic E-state index is 0.575. The maximum Gasteiger partial charge on any atom is 0.229 e. The minimum Gasteiger partial charge on any atom is -0.480 e. The number of hydrogen-bond acceptors (Lipinski definition) is 5. The summed E-state index contributed by atoms with van der Waals surface area (Å²) >= 11 is 1.74. The molecule has 2 heterocycles. The van der Waals surface area contributed by atoms with Crippen LogP contribution in [0.15, 0.2) is 0 Å². The molecule has 15 heavy (non-hydrogen) atoms. The summed E-state index contributed by atoms with van der Waals surface area (Å²) in [4.78, 5) is 7.78. The summed E-state index contributed by atoms with van der Waals surface area (Å²) in [5.41, 5.74) is 0. The maximum atomic E-state index is 5.33. The lowest BCUT2D eigenvalue weighted by atomic mass is 10.1. The maximum absolute atomic E-state index is 5.33. The molecule has 4 nitrogen and oxygen atoms in total. The minimum absolute atomic E-state index is 0.575. The first-order chi connectivity index (χ1) is 7.22. The summed E-state index contributed by atoms with van der Waals surface area (Å²) in [7, 11) is 5.71. The molecule has 1 N–H and O–H groups in total. The van der Waals surface area contributed by atoms with E-state index in [2.05, 4.69) is 10.3 Å². The lowest BCUT2D eigenvalue weighted by Gasteiger charge is -2.06. The van der Waals surface area contributed by atoms with Crippen LogP contribution in [0.1, 0.15) is 17.2 Å². The molecule has 1 fully saturated rings. The molecule has 1 atom stereocenters. The number of anilines is 1. The van der Waals surface area contributed by atoms with Crippen molar-refractivity contribution in [1.29, 1.82) is 0 Å². The third kappa shape index (κ3) is 2.08. The molecule has 84 valence electrons. The second-order valence-corrected chi connectivity index (χ2v) is 4.96. The van der Waals surface area contributed by atoms with Gasteiger partial charge < -0.3 is 15.0 Å². The molecular weight excluding hydrogens is 210 g/mol. The summed E-state index contributed by atoms with van der Waals surface area (Å²) in [6.07, 6.45) is 1.19. The van der Waals surface area contributed by atoms with Crippen LogP contribution in [0.4, 0.5) is 5.13 Å². The number of nitrogens with one attached hydrogen (secondary N) is 1. The van der Waals surface area contributed by atoms with Gasteiger partial charge in [-0.2, -0.15) is 4.98 Å². The monoisotopic (exact) mass is 227 g/mol. The molecule has 0 amide bonds. The Balaban J connectivity index is 2.27. The van der Waals surface area contributed by atoms with Crippen LogP contribution in [0.5, 0.6) is 5.88 Å². The van der Waals surface area contributed by atoms with E-state index < -0.39 is 0 Å². The van der Waals surface area contributed by atoms with Crippen molar-refractivity contribution in [2.75, 3.05) is 39.2 Å². The molecule has 2 rings (SSSR count). The largest absolute Gasteiger partial charge is 0.480 e. The van der Waals surface area contributed by atoms with Gasteiger partial charge in [-0.25, -0.2) is 0 Å². The molecule has 0 saturated carbocycles. The van der Waals surface area contributed by atoms with E-state index in [1.807, 2.05) is 19.0 Å². The van der Waals surface area contributed by atoms with Crippen molar-refractivity contribution in [1.82, 2.24) is 10.3 Å². The second-order valence-electron chi connectivity index (χ2n) is 3.95. The average Bonchev–Trinajstić information content (AvgIpc) is 2.86. The van der Waals surface area contributed by atoms with Gasteiger partial charge in [-0.1, -0.05) is 11.3 Å². The van der Waals surface area contributed by atoms with E-state index in [-0.39, 0.29) is 0 Å². The topological polar surface area (TPSA) is 37.4 Å². The van der Waals surface area contributed by atoms with Crippen molar-refractivity contribution in [3.63, 3.8) is 0 Å². The Labute approximate surface area is 94.3 Å². The van der Waals surface area contributed by atoms with Crippen LogP contribution in [0, 0.1) is 0 Å². The molecule has 1 saturated heterocycles.